The normalized spacial score (nSPS) is 11.1. The second-order valence-electron chi connectivity index (χ2n) is 4.19. The molecule has 0 radical (unpaired) electrons. The summed E-state index contributed by atoms with van der Waals surface area (Å²) in [5.41, 5.74) is 7.63. The van der Waals surface area contributed by atoms with E-state index in [9.17, 15) is 0 Å². The first-order chi connectivity index (χ1) is 8.07. The molecule has 0 fully saturated rings. The van der Waals surface area contributed by atoms with Gasteiger partial charge < -0.3 is 20.9 Å². The summed E-state index contributed by atoms with van der Waals surface area (Å²) in [6.07, 6.45) is 0. The average molecular weight is 242 g/mol. The van der Waals surface area contributed by atoms with E-state index in [0.717, 1.165) is 11.5 Å². The molecule has 0 aromatic carbocycles. The Morgan fingerprint density at radius 2 is 2.18 bits per heavy atom. The highest BCUT2D eigenvalue weighted by atomic mass is 16.5. The van der Waals surface area contributed by atoms with E-state index in [-0.39, 0.29) is 6.61 Å². The number of nitrogens with one attached hydrogen (secondary N) is 1. The average Bonchev–Trinajstić information content (AvgIpc) is 2.56. The van der Waals surface area contributed by atoms with E-state index in [2.05, 4.69) is 24.3 Å². The van der Waals surface area contributed by atoms with E-state index >= 15 is 0 Å². The zero-order chi connectivity index (χ0) is 12.8. The van der Waals surface area contributed by atoms with Crippen molar-refractivity contribution in [3.05, 3.63) is 5.69 Å². The lowest BCUT2D eigenvalue weighted by Gasteiger charge is -2.08. The predicted molar refractivity (Wildman–Crippen MR) is 68.1 cm³/mol. The fourth-order valence-electron chi connectivity index (χ4n) is 1.61. The molecule has 0 spiro atoms. The molecule has 0 aliphatic heterocycles. The van der Waals surface area contributed by atoms with Gasteiger partial charge in [0.15, 0.2) is 0 Å². The van der Waals surface area contributed by atoms with E-state index in [1.807, 2.05) is 7.05 Å². The molecule has 0 bridgehead atoms. The first kappa shape index (κ1) is 13.8. The topological polar surface area (TPSA) is 85.3 Å². The molecule has 1 aromatic rings. The van der Waals surface area contributed by atoms with Crippen molar-refractivity contribution in [3.63, 3.8) is 0 Å². The predicted octanol–water partition coefficient (Wildman–Crippen LogP) is 0.547. The van der Waals surface area contributed by atoms with Crippen molar-refractivity contribution in [3.8, 4) is 0 Å². The van der Waals surface area contributed by atoms with Crippen molar-refractivity contribution in [1.29, 1.82) is 0 Å². The van der Waals surface area contributed by atoms with Gasteiger partial charge in [0.2, 0.25) is 0 Å². The summed E-state index contributed by atoms with van der Waals surface area (Å²) in [4.78, 5) is 0. The fourth-order valence-corrected chi connectivity index (χ4v) is 1.61. The number of anilines is 2. The molecule has 1 rings (SSSR count). The third-order valence-corrected chi connectivity index (χ3v) is 2.43. The first-order valence-corrected chi connectivity index (χ1v) is 5.82. The van der Waals surface area contributed by atoms with Crippen LogP contribution < -0.4 is 11.1 Å². The number of nitrogens with zero attached hydrogens (tertiary/aromatic N) is 2. The number of aryl methyl sites for hydroxylation is 1. The van der Waals surface area contributed by atoms with Gasteiger partial charge in [-0.2, -0.15) is 5.10 Å². The van der Waals surface area contributed by atoms with Crippen LogP contribution in [0.25, 0.3) is 0 Å². The van der Waals surface area contributed by atoms with Crippen LogP contribution in [0, 0.1) is 0 Å². The second-order valence-corrected chi connectivity index (χ2v) is 4.19. The van der Waals surface area contributed by atoms with Gasteiger partial charge in [0, 0.05) is 13.6 Å². The van der Waals surface area contributed by atoms with Gasteiger partial charge in [-0.25, -0.2) is 0 Å². The van der Waals surface area contributed by atoms with E-state index in [4.69, 9.17) is 15.6 Å². The number of nitrogens with two attached hydrogens (primary N) is 1. The Balaban J connectivity index is 2.53. The molecule has 4 N–H and O–H groups in total. The van der Waals surface area contributed by atoms with Crippen molar-refractivity contribution < 1.29 is 9.84 Å². The van der Waals surface area contributed by atoms with Crippen molar-refractivity contribution in [2.45, 2.75) is 19.8 Å². The standard InChI is InChI=1S/C11H22N4O2/c1-8(2)10-9(12)11(15(3)14-10)13-4-6-17-7-5-16/h8,13,16H,4-7,12H2,1-3H3. The number of aliphatic hydroxyl groups excluding tert-OH is 1. The van der Waals surface area contributed by atoms with E-state index < -0.39 is 0 Å². The van der Waals surface area contributed by atoms with E-state index in [1.165, 1.54) is 0 Å². The van der Waals surface area contributed by atoms with Gasteiger partial charge >= 0.3 is 0 Å². The monoisotopic (exact) mass is 242 g/mol. The highest BCUT2D eigenvalue weighted by Crippen LogP contribution is 2.27. The van der Waals surface area contributed by atoms with Crippen LogP contribution in [0.2, 0.25) is 0 Å². The molecular formula is C11H22N4O2. The van der Waals surface area contributed by atoms with Crippen LogP contribution in [-0.2, 0) is 11.8 Å². The summed E-state index contributed by atoms with van der Waals surface area (Å²) < 4.78 is 6.90. The van der Waals surface area contributed by atoms with Crippen LogP contribution in [0.4, 0.5) is 11.5 Å². The Kier molecular flexibility index (Phi) is 5.24. The Morgan fingerprint density at radius 1 is 1.47 bits per heavy atom. The maximum absolute atomic E-state index is 8.56. The Morgan fingerprint density at radius 3 is 2.71 bits per heavy atom. The lowest BCUT2D eigenvalue weighted by Crippen LogP contribution is -2.14. The van der Waals surface area contributed by atoms with Gasteiger partial charge in [0.25, 0.3) is 0 Å². The number of hydrogen-bond acceptors (Lipinski definition) is 5. The number of aromatic nitrogens is 2. The maximum atomic E-state index is 8.56. The molecule has 0 amide bonds. The van der Waals surface area contributed by atoms with Gasteiger partial charge in [0.05, 0.1) is 31.2 Å². The molecule has 1 heterocycles. The molecule has 6 heteroatoms. The molecule has 6 nitrogen and oxygen atoms in total. The summed E-state index contributed by atoms with van der Waals surface area (Å²) in [5.74, 6) is 1.13. The number of hydrogen-bond donors (Lipinski definition) is 3. The molecule has 1 aromatic heterocycles. The minimum atomic E-state index is 0.0470. The molecule has 0 atom stereocenters. The zero-order valence-corrected chi connectivity index (χ0v) is 10.7. The zero-order valence-electron chi connectivity index (χ0n) is 10.7. The van der Waals surface area contributed by atoms with Crippen LogP contribution in [-0.4, -0.2) is 41.3 Å². The SMILES string of the molecule is CC(C)c1nn(C)c(NCCOCCO)c1N. The van der Waals surface area contributed by atoms with Crippen molar-refractivity contribution in [2.24, 2.45) is 7.05 Å². The van der Waals surface area contributed by atoms with Crippen molar-refractivity contribution >= 4 is 11.5 Å². The molecule has 17 heavy (non-hydrogen) atoms. The van der Waals surface area contributed by atoms with Crippen LogP contribution in [0.3, 0.4) is 0 Å². The third kappa shape index (κ3) is 3.61. The minimum Gasteiger partial charge on any atom is -0.394 e. The molecular weight excluding hydrogens is 220 g/mol. The highest BCUT2D eigenvalue weighted by molar-refractivity contribution is 5.65. The van der Waals surface area contributed by atoms with Gasteiger partial charge in [0.1, 0.15) is 5.82 Å². The summed E-state index contributed by atoms with van der Waals surface area (Å²) in [6.45, 7) is 5.70. The Labute approximate surface area is 102 Å². The summed E-state index contributed by atoms with van der Waals surface area (Å²) in [7, 11) is 1.86. The van der Waals surface area contributed by atoms with Crippen LogP contribution in [0.5, 0.6) is 0 Å². The van der Waals surface area contributed by atoms with Gasteiger partial charge in [-0.1, -0.05) is 13.8 Å². The largest absolute Gasteiger partial charge is 0.394 e. The molecule has 98 valence electrons. The quantitative estimate of drug-likeness (QED) is 0.608. The van der Waals surface area contributed by atoms with Crippen LogP contribution >= 0.6 is 0 Å². The lowest BCUT2D eigenvalue weighted by atomic mass is 10.1. The molecule has 0 unspecified atom stereocenters. The number of ether oxygens (including phenoxy) is 1. The van der Waals surface area contributed by atoms with Gasteiger partial charge in [-0.15, -0.1) is 0 Å². The number of nitrogen functional groups attached to an aromatic ring is 1. The smallest absolute Gasteiger partial charge is 0.147 e. The third-order valence-electron chi connectivity index (χ3n) is 2.43. The molecule has 0 saturated heterocycles. The lowest BCUT2D eigenvalue weighted by molar-refractivity contribution is 0.0991. The second kappa shape index (κ2) is 6.46. The molecule has 0 saturated carbocycles. The summed E-state index contributed by atoms with van der Waals surface area (Å²) in [6, 6.07) is 0. The molecule has 0 aliphatic rings. The highest BCUT2D eigenvalue weighted by Gasteiger charge is 2.15. The van der Waals surface area contributed by atoms with Crippen molar-refractivity contribution in [1.82, 2.24) is 9.78 Å². The van der Waals surface area contributed by atoms with Gasteiger partial charge in [-0.05, 0) is 5.92 Å². The van der Waals surface area contributed by atoms with Crippen LogP contribution in [0.1, 0.15) is 25.5 Å². The first-order valence-electron chi connectivity index (χ1n) is 5.82. The molecule has 0 aliphatic carbocycles. The maximum Gasteiger partial charge on any atom is 0.147 e. The van der Waals surface area contributed by atoms with E-state index in [1.54, 1.807) is 4.68 Å². The Bertz CT molecular complexity index is 349. The summed E-state index contributed by atoms with van der Waals surface area (Å²) >= 11 is 0. The summed E-state index contributed by atoms with van der Waals surface area (Å²) in [5, 5.41) is 16.1. The number of rotatable bonds is 7. The fraction of sp³-hybridized carbons (Fsp3) is 0.727. The van der Waals surface area contributed by atoms with Crippen molar-refractivity contribution in [2.75, 3.05) is 37.4 Å². The minimum absolute atomic E-state index is 0.0470. The Hall–Kier alpha value is -1.27. The number of aliphatic hydroxyl groups is 1. The van der Waals surface area contributed by atoms with E-state index in [0.29, 0.717) is 31.4 Å². The van der Waals surface area contributed by atoms with Crippen LogP contribution in [0.15, 0.2) is 0 Å². The van der Waals surface area contributed by atoms with Gasteiger partial charge in [-0.3, -0.25) is 4.68 Å².